The van der Waals surface area contributed by atoms with Crippen molar-refractivity contribution in [3.8, 4) is 0 Å². The van der Waals surface area contributed by atoms with Gasteiger partial charge in [-0.05, 0) is 48.9 Å². The van der Waals surface area contributed by atoms with Crippen molar-refractivity contribution in [2.24, 2.45) is 11.8 Å². The maximum atomic E-state index is 13.0. The predicted molar refractivity (Wildman–Crippen MR) is 109 cm³/mol. The van der Waals surface area contributed by atoms with Crippen molar-refractivity contribution in [1.82, 2.24) is 14.5 Å². The van der Waals surface area contributed by atoms with Crippen LogP contribution in [0.25, 0.3) is 0 Å². The Morgan fingerprint density at radius 3 is 2.26 bits per heavy atom. The molecule has 1 heterocycles. The first-order chi connectivity index (χ1) is 12.8. The molecule has 1 aliphatic heterocycles. The van der Waals surface area contributed by atoms with Gasteiger partial charge in [-0.15, -0.1) is 0 Å². The second-order valence-corrected chi connectivity index (χ2v) is 10.5. The van der Waals surface area contributed by atoms with Crippen LogP contribution in [0.5, 0.6) is 0 Å². The van der Waals surface area contributed by atoms with Crippen molar-refractivity contribution in [3.05, 3.63) is 28.7 Å². The molecule has 1 aliphatic carbocycles. The van der Waals surface area contributed by atoms with Crippen molar-refractivity contribution in [1.29, 1.82) is 0 Å². The van der Waals surface area contributed by atoms with E-state index in [4.69, 9.17) is 0 Å². The van der Waals surface area contributed by atoms with Gasteiger partial charge in [-0.2, -0.15) is 4.72 Å². The highest BCUT2D eigenvalue weighted by atomic mass is 79.9. The Kier molecular flexibility index (Phi) is 6.61. The number of benzene rings is 1. The minimum Gasteiger partial charge on any atom is -0.339 e. The van der Waals surface area contributed by atoms with Gasteiger partial charge < -0.3 is 4.90 Å². The van der Waals surface area contributed by atoms with E-state index in [1.54, 1.807) is 17.0 Å². The van der Waals surface area contributed by atoms with Gasteiger partial charge in [0.05, 0.1) is 4.90 Å². The van der Waals surface area contributed by atoms with E-state index in [9.17, 15) is 13.2 Å². The Balaban J connectivity index is 1.64. The van der Waals surface area contributed by atoms with Crippen LogP contribution in [0.4, 0.5) is 0 Å². The van der Waals surface area contributed by atoms with Crippen molar-refractivity contribution >= 4 is 31.9 Å². The van der Waals surface area contributed by atoms with Gasteiger partial charge in [0.15, 0.2) is 0 Å². The monoisotopic (exact) mass is 457 g/mol. The molecule has 6 nitrogen and oxygen atoms in total. The molecule has 8 heteroatoms. The number of hydrogen-bond donors (Lipinski definition) is 1. The van der Waals surface area contributed by atoms with Crippen molar-refractivity contribution in [3.63, 3.8) is 0 Å². The number of rotatable bonds is 7. The normalized spacial score (nSPS) is 20.1. The van der Waals surface area contributed by atoms with E-state index in [1.807, 2.05) is 13.8 Å². The van der Waals surface area contributed by atoms with E-state index in [1.165, 1.54) is 25.0 Å². The zero-order chi connectivity index (χ0) is 19.6. The molecule has 150 valence electrons. The molecular weight excluding hydrogens is 430 g/mol. The number of carbonyl (C=O) groups excluding carboxylic acids is 1. The summed E-state index contributed by atoms with van der Waals surface area (Å²) in [6, 6.07) is 5.67. The van der Waals surface area contributed by atoms with Crippen LogP contribution in [0.15, 0.2) is 33.6 Å². The summed E-state index contributed by atoms with van der Waals surface area (Å²) >= 11 is 3.31. The van der Waals surface area contributed by atoms with Crippen molar-refractivity contribution < 1.29 is 13.2 Å². The summed E-state index contributed by atoms with van der Waals surface area (Å²) in [4.78, 5) is 17.4. The second-order valence-electron chi connectivity index (χ2n) is 7.87. The number of sulfonamides is 1. The van der Waals surface area contributed by atoms with E-state index < -0.39 is 16.1 Å². The average Bonchev–Trinajstić information content (AvgIpc) is 3.44. The van der Waals surface area contributed by atoms with Crippen LogP contribution in [0, 0.1) is 11.8 Å². The van der Waals surface area contributed by atoms with Crippen LogP contribution in [-0.2, 0) is 14.8 Å². The maximum Gasteiger partial charge on any atom is 0.241 e. The molecule has 1 atom stereocenters. The lowest BCUT2D eigenvalue weighted by atomic mass is 10.0. The molecule has 1 aromatic carbocycles. The van der Waals surface area contributed by atoms with Gasteiger partial charge in [-0.3, -0.25) is 9.69 Å². The van der Waals surface area contributed by atoms with E-state index in [0.29, 0.717) is 13.1 Å². The van der Waals surface area contributed by atoms with Gasteiger partial charge in [-0.25, -0.2) is 8.42 Å². The zero-order valence-corrected chi connectivity index (χ0v) is 18.3. The van der Waals surface area contributed by atoms with E-state index >= 15 is 0 Å². The molecule has 2 aliphatic rings. The summed E-state index contributed by atoms with van der Waals surface area (Å²) in [5, 5.41) is 0. The Morgan fingerprint density at radius 2 is 1.74 bits per heavy atom. The highest BCUT2D eigenvalue weighted by Crippen LogP contribution is 2.30. The predicted octanol–water partition coefficient (Wildman–Crippen LogP) is 2.31. The molecule has 1 N–H and O–H groups in total. The fraction of sp³-hybridized carbons (Fsp3) is 0.632. The minimum atomic E-state index is -3.75. The molecule has 1 amide bonds. The number of carbonyl (C=O) groups is 1. The molecule has 0 radical (unpaired) electrons. The Bertz CT molecular complexity index is 755. The molecular formula is C19H28BrN3O3S. The molecule has 1 saturated carbocycles. The van der Waals surface area contributed by atoms with Crippen LogP contribution >= 0.6 is 15.9 Å². The summed E-state index contributed by atoms with van der Waals surface area (Å²) < 4.78 is 28.9. The molecule has 1 aromatic rings. The van der Waals surface area contributed by atoms with Gasteiger partial charge >= 0.3 is 0 Å². The van der Waals surface area contributed by atoms with Crippen LogP contribution in [-0.4, -0.2) is 62.9 Å². The average molecular weight is 458 g/mol. The molecule has 27 heavy (non-hydrogen) atoms. The summed E-state index contributed by atoms with van der Waals surface area (Å²) in [7, 11) is -3.75. The number of piperazine rings is 1. The second kappa shape index (κ2) is 8.59. The Morgan fingerprint density at radius 1 is 1.15 bits per heavy atom. The fourth-order valence-corrected chi connectivity index (χ4v) is 4.94. The van der Waals surface area contributed by atoms with Crippen LogP contribution in [0.1, 0.15) is 26.7 Å². The number of amides is 1. The summed E-state index contributed by atoms with van der Waals surface area (Å²) in [6.45, 7) is 7.93. The van der Waals surface area contributed by atoms with Gasteiger partial charge in [-0.1, -0.05) is 29.8 Å². The standard InChI is InChI=1S/C19H28BrN3O3S/c1-14(2)18(21-27(25,26)17-7-5-16(20)6-8-17)19(24)23-11-9-22(10-12-23)13-15-3-4-15/h5-8,14-15,18,21H,3-4,9-13H2,1-2H3/t18-/m0/s1. The van der Waals surface area contributed by atoms with E-state index in [-0.39, 0.29) is 16.7 Å². The summed E-state index contributed by atoms with van der Waals surface area (Å²) in [5.41, 5.74) is 0. The van der Waals surface area contributed by atoms with Crippen LogP contribution < -0.4 is 4.72 Å². The lowest BCUT2D eigenvalue weighted by molar-refractivity contribution is -0.135. The highest BCUT2D eigenvalue weighted by molar-refractivity contribution is 9.10. The first-order valence-electron chi connectivity index (χ1n) is 9.55. The van der Waals surface area contributed by atoms with Gasteiger partial charge in [0.25, 0.3) is 0 Å². The third-order valence-electron chi connectivity index (χ3n) is 5.24. The summed E-state index contributed by atoms with van der Waals surface area (Å²) in [5.74, 6) is 0.581. The number of nitrogens with one attached hydrogen (secondary N) is 1. The maximum absolute atomic E-state index is 13.0. The van der Waals surface area contributed by atoms with Crippen molar-refractivity contribution in [2.45, 2.75) is 37.6 Å². The molecule has 2 fully saturated rings. The number of nitrogens with zero attached hydrogens (tertiary/aromatic N) is 2. The molecule has 0 spiro atoms. The smallest absolute Gasteiger partial charge is 0.241 e. The summed E-state index contributed by atoms with van der Waals surface area (Å²) in [6.07, 6.45) is 2.65. The third kappa shape index (κ3) is 5.53. The largest absolute Gasteiger partial charge is 0.339 e. The van der Waals surface area contributed by atoms with Gasteiger partial charge in [0.1, 0.15) is 6.04 Å². The fourth-order valence-electron chi connectivity index (χ4n) is 3.33. The Labute approximate surface area is 170 Å². The third-order valence-corrected chi connectivity index (χ3v) is 7.22. The first-order valence-corrected chi connectivity index (χ1v) is 11.8. The van der Waals surface area contributed by atoms with E-state index in [2.05, 4.69) is 25.6 Å². The minimum absolute atomic E-state index is 0.128. The van der Waals surface area contributed by atoms with Gasteiger partial charge in [0, 0.05) is 37.2 Å². The lowest BCUT2D eigenvalue weighted by Crippen LogP contribution is -2.56. The van der Waals surface area contributed by atoms with Crippen LogP contribution in [0.3, 0.4) is 0 Å². The first kappa shape index (κ1) is 20.8. The molecule has 1 saturated heterocycles. The van der Waals surface area contributed by atoms with Crippen LogP contribution in [0.2, 0.25) is 0 Å². The van der Waals surface area contributed by atoms with E-state index in [0.717, 1.165) is 30.0 Å². The van der Waals surface area contributed by atoms with Gasteiger partial charge in [0.2, 0.25) is 15.9 Å². The molecule has 0 bridgehead atoms. The Hall–Kier alpha value is -0.960. The number of hydrogen-bond acceptors (Lipinski definition) is 4. The molecule has 3 rings (SSSR count). The zero-order valence-electron chi connectivity index (χ0n) is 15.9. The SMILES string of the molecule is CC(C)[C@H](NS(=O)(=O)c1ccc(Br)cc1)C(=O)N1CCN(CC2CC2)CC1. The number of halogens is 1. The molecule has 0 aromatic heterocycles. The quantitative estimate of drug-likeness (QED) is 0.681. The van der Waals surface area contributed by atoms with Crippen molar-refractivity contribution in [2.75, 3.05) is 32.7 Å². The molecule has 0 unspecified atom stereocenters. The lowest BCUT2D eigenvalue weighted by Gasteiger charge is -2.37. The highest BCUT2D eigenvalue weighted by Gasteiger charge is 2.34. The topological polar surface area (TPSA) is 69.7 Å².